The van der Waals surface area contributed by atoms with Crippen molar-refractivity contribution in [3.05, 3.63) is 64.7 Å². The third kappa shape index (κ3) is 4.52. The number of halogens is 6. The van der Waals surface area contributed by atoms with E-state index in [-0.39, 0.29) is 35.0 Å². The van der Waals surface area contributed by atoms with Gasteiger partial charge in [-0.25, -0.2) is 4.98 Å². The van der Waals surface area contributed by atoms with E-state index in [9.17, 15) is 31.1 Å². The number of carbonyl (C=O) groups excluding carboxylic acids is 1. The zero-order valence-corrected chi connectivity index (χ0v) is 19.6. The van der Waals surface area contributed by atoms with Gasteiger partial charge in [0.25, 0.3) is 5.91 Å². The highest BCUT2D eigenvalue weighted by Gasteiger charge is 2.48. The monoisotopic (exact) mass is 542 g/mol. The van der Waals surface area contributed by atoms with Crippen LogP contribution in [0.15, 0.2) is 42.0 Å². The summed E-state index contributed by atoms with van der Waals surface area (Å²) in [5.74, 6) is -0.900. The zero-order valence-electron chi connectivity index (χ0n) is 18.7. The van der Waals surface area contributed by atoms with Gasteiger partial charge in [0, 0.05) is 37.3 Å². The molecule has 0 saturated carbocycles. The molecule has 1 amide bonds. The van der Waals surface area contributed by atoms with Crippen LogP contribution in [0.1, 0.15) is 33.5 Å². The van der Waals surface area contributed by atoms with Crippen molar-refractivity contribution in [1.82, 2.24) is 34.7 Å². The molecule has 1 N–H and O–H groups in total. The number of amides is 1. The fourth-order valence-corrected chi connectivity index (χ4v) is 4.77. The van der Waals surface area contributed by atoms with Crippen molar-refractivity contribution in [2.45, 2.75) is 24.8 Å². The lowest BCUT2D eigenvalue weighted by atomic mass is 10.0. The van der Waals surface area contributed by atoms with E-state index in [0.29, 0.717) is 15.3 Å². The van der Waals surface area contributed by atoms with E-state index < -0.39 is 35.7 Å². The Morgan fingerprint density at radius 2 is 1.84 bits per heavy atom. The van der Waals surface area contributed by atoms with Crippen LogP contribution in [-0.4, -0.2) is 53.3 Å². The number of alkyl halides is 6. The van der Waals surface area contributed by atoms with Gasteiger partial charge < -0.3 is 10.2 Å². The lowest BCUT2D eigenvalue weighted by Crippen LogP contribution is -2.46. The van der Waals surface area contributed by atoms with E-state index in [0.717, 1.165) is 29.7 Å². The second-order valence-electron chi connectivity index (χ2n) is 8.08. The molecular weight excluding hydrogens is 526 g/mol. The summed E-state index contributed by atoms with van der Waals surface area (Å²) >= 11 is 0.957. The Labute approximate surface area is 208 Å². The highest BCUT2D eigenvalue weighted by molar-refractivity contribution is 7.12. The van der Waals surface area contributed by atoms with E-state index >= 15 is 0 Å². The fourth-order valence-electron chi connectivity index (χ4n) is 4.16. The van der Waals surface area contributed by atoms with Gasteiger partial charge in [0.05, 0.1) is 17.6 Å². The number of rotatable bonds is 5. The minimum absolute atomic E-state index is 0.00111. The molecule has 0 bridgehead atoms. The first-order chi connectivity index (χ1) is 17.4. The third-order valence-corrected chi connectivity index (χ3v) is 6.51. The van der Waals surface area contributed by atoms with Gasteiger partial charge in [0.1, 0.15) is 0 Å². The maximum Gasteiger partial charge on any atom is 0.435 e. The van der Waals surface area contributed by atoms with Crippen molar-refractivity contribution < 1.29 is 31.1 Å². The summed E-state index contributed by atoms with van der Waals surface area (Å²) in [5.41, 5.74) is -1.37. The fraction of sp³-hybridized carbons (Fsp3) is 0.286. The van der Waals surface area contributed by atoms with E-state index in [4.69, 9.17) is 0 Å². The van der Waals surface area contributed by atoms with Crippen LogP contribution in [0.25, 0.3) is 5.13 Å². The number of benzene rings is 1. The van der Waals surface area contributed by atoms with Crippen molar-refractivity contribution >= 4 is 28.6 Å². The largest absolute Gasteiger partial charge is 0.435 e. The molecule has 1 atom stereocenters. The minimum atomic E-state index is -4.82. The lowest BCUT2D eigenvalue weighted by Gasteiger charge is -2.35. The predicted octanol–water partition coefficient (Wildman–Crippen LogP) is 4.52. The summed E-state index contributed by atoms with van der Waals surface area (Å²) in [6, 6.07) is 2.35. The molecule has 16 heteroatoms. The molecule has 0 aliphatic carbocycles. The first kappa shape index (κ1) is 24.7. The second kappa shape index (κ2) is 8.86. The Balaban J connectivity index is 1.43. The Hall–Kier alpha value is -3.95. The van der Waals surface area contributed by atoms with Gasteiger partial charge in [-0.05, 0) is 17.7 Å². The van der Waals surface area contributed by atoms with Gasteiger partial charge in [-0.2, -0.15) is 36.1 Å². The molecule has 1 aliphatic heterocycles. The predicted molar refractivity (Wildman–Crippen MR) is 119 cm³/mol. The van der Waals surface area contributed by atoms with Gasteiger partial charge >= 0.3 is 12.4 Å². The number of hydrogen-bond acceptors (Lipinski definition) is 7. The number of carbonyl (C=O) groups is 1. The normalized spacial score (nSPS) is 15.1. The van der Waals surface area contributed by atoms with Crippen LogP contribution >= 0.6 is 11.3 Å². The average Bonchev–Trinajstić information content (AvgIpc) is 3.56. The number of aromatic nitrogens is 6. The Morgan fingerprint density at radius 3 is 2.46 bits per heavy atom. The first-order valence-electron chi connectivity index (χ1n) is 10.6. The zero-order chi connectivity index (χ0) is 26.5. The van der Waals surface area contributed by atoms with Crippen molar-refractivity contribution in [3.8, 4) is 5.13 Å². The molecule has 9 nitrogen and oxygen atoms in total. The van der Waals surface area contributed by atoms with Crippen LogP contribution in [-0.2, 0) is 19.6 Å². The van der Waals surface area contributed by atoms with Crippen LogP contribution in [0.5, 0.6) is 0 Å². The van der Waals surface area contributed by atoms with Crippen molar-refractivity contribution in [1.29, 1.82) is 0 Å². The van der Waals surface area contributed by atoms with Gasteiger partial charge in [-0.3, -0.25) is 9.48 Å². The molecular formula is C21H16F6N8OS. The summed E-state index contributed by atoms with van der Waals surface area (Å²) in [5, 5.41) is 15.2. The molecule has 194 valence electrons. The second-order valence-corrected chi connectivity index (χ2v) is 8.95. The van der Waals surface area contributed by atoms with E-state index in [2.05, 4.69) is 25.7 Å². The van der Waals surface area contributed by atoms with Gasteiger partial charge in [-0.15, -0.1) is 16.4 Å². The maximum atomic E-state index is 14.1. The van der Waals surface area contributed by atoms with Crippen molar-refractivity contribution in [2.75, 3.05) is 11.9 Å². The SMILES string of the molecule is Cn1nnc2c1CCN(C(c1ccc(Nc3cnn(-c4nccs4)c3C(F)(F)F)cc1)C(F)(F)F)C2=O. The summed E-state index contributed by atoms with van der Waals surface area (Å²) in [6.07, 6.45) is -7.17. The topological polar surface area (TPSA) is 93.8 Å². The van der Waals surface area contributed by atoms with E-state index in [1.165, 1.54) is 28.4 Å². The molecule has 0 spiro atoms. The average molecular weight is 542 g/mol. The molecule has 1 aliphatic rings. The molecule has 3 aromatic heterocycles. The summed E-state index contributed by atoms with van der Waals surface area (Å²) in [6.45, 7) is -0.206. The molecule has 4 aromatic rings. The number of thiazole rings is 1. The lowest BCUT2D eigenvalue weighted by molar-refractivity contribution is -0.179. The molecule has 0 fully saturated rings. The maximum absolute atomic E-state index is 14.1. The van der Waals surface area contributed by atoms with Crippen LogP contribution in [0.3, 0.4) is 0 Å². The summed E-state index contributed by atoms with van der Waals surface area (Å²) < 4.78 is 85.7. The molecule has 1 aromatic carbocycles. The van der Waals surface area contributed by atoms with Gasteiger partial charge in [-0.1, -0.05) is 17.3 Å². The summed E-state index contributed by atoms with van der Waals surface area (Å²) in [7, 11) is 1.55. The number of aryl methyl sites for hydroxylation is 1. The standard InChI is InChI=1S/C21H16F6N8OS/c1-33-14-6-8-34(18(36)15(14)31-32-33)16(20(22,23)24)11-2-4-12(5-3-11)30-13-10-29-35(17(13)21(25,26)27)19-28-7-9-37-19/h2-5,7,9-10,16,30H,6,8H2,1H3. The Bertz CT molecular complexity index is 1420. The Morgan fingerprint density at radius 1 is 1.11 bits per heavy atom. The highest BCUT2D eigenvalue weighted by Crippen LogP contribution is 2.41. The Kier molecular flexibility index (Phi) is 5.92. The van der Waals surface area contributed by atoms with Crippen LogP contribution in [0.4, 0.5) is 37.7 Å². The molecule has 0 radical (unpaired) electrons. The molecule has 37 heavy (non-hydrogen) atoms. The molecule has 5 rings (SSSR count). The van der Waals surface area contributed by atoms with Crippen LogP contribution in [0.2, 0.25) is 0 Å². The summed E-state index contributed by atoms with van der Waals surface area (Å²) in [4.78, 5) is 17.3. The van der Waals surface area contributed by atoms with Gasteiger partial charge in [0.2, 0.25) is 5.13 Å². The number of nitrogens with zero attached hydrogens (tertiary/aromatic N) is 7. The highest BCUT2D eigenvalue weighted by atomic mass is 32.1. The van der Waals surface area contributed by atoms with Crippen molar-refractivity contribution in [2.24, 2.45) is 7.05 Å². The van der Waals surface area contributed by atoms with E-state index in [1.54, 1.807) is 7.05 Å². The van der Waals surface area contributed by atoms with Crippen molar-refractivity contribution in [3.63, 3.8) is 0 Å². The number of nitrogens with one attached hydrogen (secondary N) is 1. The third-order valence-electron chi connectivity index (χ3n) is 5.76. The van der Waals surface area contributed by atoms with Crippen LogP contribution < -0.4 is 5.32 Å². The smallest absolute Gasteiger partial charge is 0.352 e. The number of hydrogen-bond donors (Lipinski definition) is 1. The quantitative estimate of drug-likeness (QED) is 0.373. The van der Waals surface area contributed by atoms with Gasteiger partial charge in [0.15, 0.2) is 17.4 Å². The molecule has 1 unspecified atom stereocenters. The molecule has 0 saturated heterocycles. The number of fused-ring (bicyclic) bond motifs is 1. The first-order valence-corrected chi connectivity index (χ1v) is 11.5. The molecule has 4 heterocycles. The van der Waals surface area contributed by atoms with E-state index in [1.807, 2.05) is 0 Å². The number of anilines is 2. The minimum Gasteiger partial charge on any atom is -0.352 e. The van der Waals surface area contributed by atoms with Crippen LogP contribution in [0, 0.1) is 0 Å².